The van der Waals surface area contributed by atoms with Gasteiger partial charge in [-0.2, -0.15) is 13.2 Å². The first kappa shape index (κ1) is 18.1. The van der Waals surface area contributed by atoms with Crippen molar-refractivity contribution >= 4 is 10.8 Å². The van der Waals surface area contributed by atoms with Gasteiger partial charge in [-0.3, -0.25) is 0 Å². The van der Waals surface area contributed by atoms with E-state index in [9.17, 15) is 13.2 Å². The zero-order valence-corrected chi connectivity index (χ0v) is 13.8. The number of fused-ring (bicyclic) bond motifs is 1. The number of methoxy groups -OCH3 is 2. The Hall–Kier alpha value is -2.21. The van der Waals surface area contributed by atoms with Crippen molar-refractivity contribution in [1.82, 2.24) is 0 Å². The van der Waals surface area contributed by atoms with Crippen molar-refractivity contribution in [1.29, 1.82) is 0 Å². The van der Waals surface area contributed by atoms with E-state index in [1.54, 1.807) is 31.2 Å². The van der Waals surface area contributed by atoms with Crippen LogP contribution in [0.4, 0.5) is 13.2 Å². The molecule has 0 unspecified atom stereocenters. The number of benzene rings is 2. The van der Waals surface area contributed by atoms with Crippen LogP contribution in [0.2, 0.25) is 0 Å². The average molecular weight is 340 g/mol. The predicted octanol–water partition coefficient (Wildman–Crippen LogP) is 4.97. The van der Waals surface area contributed by atoms with Crippen LogP contribution in [0.1, 0.15) is 18.1 Å². The van der Waals surface area contributed by atoms with Gasteiger partial charge in [0.1, 0.15) is 17.1 Å². The molecule has 2 aromatic carbocycles. The van der Waals surface area contributed by atoms with E-state index in [1.807, 2.05) is 0 Å². The third kappa shape index (κ3) is 3.48. The van der Waals surface area contributed by atoms with Crippen molar-refractivity contribution in [3.63, 3.8) is 0 Å². The van der Waals surface area contributed by atoms with Crippen LogP contribution in [0, 0.1) is 0 Å². The number of rotatable bonds is 6. The summed E-state index contributed by atoms with van der Waals surface area (Å²) in [6, 6.07) is 6.65. The monoisotopic (exact) mass is 340 g/mol. The standard InChI is InChI=1S/C18H19F3O3/c1-11(2)9-24-10-14-15(18(19,20)21)17(23-4)13-8-6-5-7-12(13)16(14)22-3/h5-8H,1,9-10H2,2-4H3. The zero-order chi connectivity index (χ0) is 17.9. The molecule has 0 fully saturated rings. The number of hydrogen-bond donors (Lipinski definition) is 0. The first-order valence-corrected chi connectivity index (χ1v) is 7.26. The Kier molecular flexibility index (Phi) is 5.39. The molecule has 2 aromatic rings. The second-order valence-corrected chi connectivity index (χ2v) is 5.41. The molecule has 0 bridgehead atoms. The number of alkyl halides is 3. The van der Waals surface area contributed by atoms with Gasteiger partial charge in [0, 0.05) is 16.3 Å². The fraction of sp³-hybridized carbons (Fsp3) is 0.333. The molecule has 0 aliphatic carbocycles. The number of hydrogen-bond acceptors (Lipinski definition) is 3. The first-order valence-electron chi connectivity index (χ1n) is 7.26. The minimum Gasteiger partial charge on any atom is -0.496 e. The Labute approximate surface area is 138 Å². The SMILES string of the molecule is C=C(C)COCc1c(C(F)(F)F)c(OC)c2ccccc2c1OC. The Balaban J connectivity index is 2.77. The highest BCUT2D eigenvalue weighted by molar-refractivity contribution is 5.96. The largest absolute Gasteiger partial charge is 0.496 e. The fourth-order valence-electron chi connectivity index (χ4n) is 2.64. The molecular weight excluding hydrogens is 321 g/mol. The lowest BCUT2D eigenvalue weighted by atomic mass is 9.97. The smallest absolute Gasteiger partial charge is 0.420 e. The molecule has 6 heteroatoms. The van der Waals surface area contributed by atoms with Crippen molar-refractivity contribution < 1.29 is 27.4 Å². The maximum atomic E-state index is 13.7. The van der Waals surface area contributed by atoms with Crippen LogP contribution < -0.4 is 9.47 Å². The van der Waals surface area contributed by atoms with E-state index in [1.165, 1.54) is 14.2 Å². The maximum Gasteiger partial charge on any atom is 0.420 e. The van der Waals surface area contributed by atoms with E-state index >= 15 is 0 Å². The van der Waals surface area contributed by atoms with E-state index in [2.05, 4.69) is 6.58 Å². The van der Waals surface area contributed by atoms with Gasteiger partial charge in [0.25, 0.3) is 0 Å². The van der Waals surface area contributed by atoms with Crippen LogP contribution >= 0.6 is 0 Å². The normalized spacial score (nSPS) is 11.6. The third-order valence-electron chi connectivity index (χ3n) is 3.51. The van der Waals surface area contributed by atoms with Gasteiger partial charge in [-0.05, 0) is 6.92 Å². The average Bonchev–Trinajstić information content (AvgIpc) is 2.52. The van der Waals surface area contributed by atoms with Crippen molar-refractivity contribution in [3.8, 4) is 11.5 Å². The molecular formula is C18H19F3O3. The summed E-state index contributed by atoms with van der Waals surface area (Å²) in [7, 11) is 2.57. The summed E-state index contributed by atoms with van der Waals surface area (Å²) in [4.78, 5) is 0. The predicted molar refractivity (Wildman–Crippen MR) is 86.5 cm³/mol. The molecule has 130 valence electrons. The molecule has 0 heterocycles. The molecule has 0 spiro atoms. The summed E-state index contributed by atoms with van der Waals surface area (Å²) in [6.45, 7) is 5.32. The summed E-state index contributed by atoms with van der Waals surface area (Å²) in [5.74, 6) is -0.0896. The van der Waals surface area contributed by atoms with Gasteiger partial charge in [0.05, 0.1) is 27.4 Å². The quantitative estimate of drug-likeness (QED) is 0.695. The third-order valence-corrected chi connectivity index (χ3v) is 3.51. The van der Waals surface area contributed by atoms with Crippen molar-refractivity contribution in [2.45, 2.75) is 19.7 Å². The van der Waals surface area contributed by atoms with Crippen LogP contribution in [0.5, 0.6) is 11.5 Å². The van der Waals surface area contributed by atoms with Gasteiger partial charge in [-0.15, -0.1) is 0 Å². The summed E-state index contributed by atoms with van der Waals surface area (Å²) in [6.07, 6.45) is -4.61. The minimum absolute atomic E-state index is 0.0817. The summed E-state index contributed by atoms with van der Waals surface area (Å²) < 4.78 is 56.9. The molecule has 0 saturated carbocycles. The summed E-state index contributed by atoms with van der Waals surface area (Å²) >= 11 is 0. The Bertz CT molecular complexity index is 751. The fourth-order valence-corrected chi connectivity index (χ4v) is 2.64. The topological polar surface area (TPSA) is 27.7 Å². The highest BCUT2D eigenvalue weighted by Crippen LogP contribution is 2.48. The van der Waals surface area contributed by atoms with Crippen LogP contribution in [0.25, 0.3) is 10.8 Å². The molecule has 3 nitrogen and oxygen atoms in total. The highest BCUT2D eigenvalue weighted by atomic mass is 19.4. The molecule has 0 aromatic heterocycles. The number of ether oxygens (including phenoxy) is 3. The first-order chi connectivity index (χ1) is 11.3. The lowest BCUT2D eigenvalue weighted by Crippen LogP contribution is -2.14. The van der Waals surface area contributed by atoms with Crippen molar-refractivity contribution in [3.05, 3.63) is 47.5 Å². The van der Waals surface area contributed by atoms with Crippen LogP contribution in [0.3, 0.4) is 0 Å². The van der Waals surface area contributed by atoms with Gasteiger partial charge >= 0.3 is 6.18 Å². The van der Waals surface area contributed by atoms with E-state index in [-0.39, 0.29) is 30.3 Å². The van der Waals surface area contributed by atoms with Crippen LogP contribution in [0.15, 0.2) is 36.4 Å². The molecule has 0 amide bonds. The second kappa shape index (κ2) is 7.13. The number of halogens is 3. The molecule has 0 saturated heterocycles. The molecule has 2 rings (SSSR count). The lowest BCUT2D eigenvalue weighted by molar-refractivity contribution is -0.140. The summed E-state index contributed by atoms with van der Waals surface area (Å²) in [5.41, 5.74) is -0.237. The Morgan fingerprint density at radius 1 is 1.04 bits per heavy atom. The van der Waals surface area contributed by atoms with Crippen molar-refractivity contribution in [2.75, 3.05) is 20.8 Å². The van der Waals surface area contributed by atoms with Gasteiger partial charge in [0.15, 0.2) is 0 Å². The summed E-state index contributed by atoms with van der Waals surface area (Å²) in [5, 5.41) is 0.881. The lowest BCUT2D eigenvalue weighted by Gasteiger charge is -2.22. The van der Waals surface area contributed by atoms with Crippen LogP contribution in [-0.2, 0) is 17.5 Å². The van der Waals surface area contributed by atoms with Gasteiger partial charge in [-0.1, -0.05) is 36.4 Å². The maximum absolute atomic E-state index is 13.7. The van der Waals surface area contributed by atoms with Gasteiger partial charge < -0.3 is 14.2 Å². The van der Waals surface area contributed by atoms with E-state index in [0.717, 1.165) is 5.57 Å². The highest BCUT2D eigenvalue weighted by Gasteiger charge is 2.40. The van der Waals surface area contributed by atoms with Crippen LogP contribution in [-0.4, -0.2) is 20.8 Å². The van der Waals surface area contributed by atoms with Gasteiger partial charge in [0.2, 0.25) is 0 Å². The van der Waals surface area contributed by atoms with Gasteiger partial charge in [-0.25, -0.2) is 0 Å². The van der Waals surface area contributed by atoms with E-state index in [0.29, 0.717) is 10.8 Å². The zero-order valence-electron chi connectivity index (χ0n) is 13.8. The minimum atomic E-state index is -4.61. The Morgan fingerprint density at radius 2 is 1.58 bits per heavy atom. The second-order valence-electron chi connectivity index (χ2n) is 5.41. The Morgan fingerprint density at radius 3 is 2.04 bits per heavy atom. The van der Waals surface area contributed by atoms with E-state index < -0.39 is 11.7 Å². The molecule has 24 heavy (non-hydrogen) atoms. The molecule has 0 N–H and O–H groups in total. The van der Waals surface area contributed by atoms with Crippen molar-refractivity contribution in [2.24, 2.45) is 0 Å². The van der Waals surface area contributed by atoms with E-state index in [4.69, 9.17) is 14.2 Å². The molecule has 0 aliphatic rings. The molecule has 0 aliphatic heterocycles. The molecule has 0 radical (unpaired) electrons. The molecule has 0 atom stereocenters.